The Morgan fingerprint density at radius 2 is 2.43 bits per heavy atom. The maximum Gasteiger partial charge on any atom is 0.344 e. The standard InChI is InChI=1S/C9H11NO3S/c1-6-3-4-14-9(6)7(2)10-13-5-8(11)12/h3-4H,5H2,1-2H3,(H,11,12). The van der Waals surface area contributed by atoms with Gasteiger partial charge in [0.1, 0.15) is 0 Å². The fourth-order valence-corrected chi connectivity index (χ4v) is 1.84. The molecular weight excluding hydrogens is 202 g/mol. The fourth-order valence-electron chi connectivity index (χ4n) is 0.969. The van der Waals surface area contributed by atoms with Crippen molar-refractivity contribution in [2.75, 3.05) is 6.61 Å². The van der Waals surface area contributed by atoms with Gasteiger partial charge in [0, 0.05) is 0 Å². The number of aliphatic carboxylic acids is 1. The van der Waals surface area contributed by atoms with Gasteiger partial charge >= 0.3 is 5.97 Å². The molecule has 1 N–H and O–H groups in total. The molecule has 1 aromatic heterocycles. The van der Waals surface area contributed by atoms with Gasteiger partial charge in [-0.05, 0) is 30.9 Å². The molecular formula is C9H11NO3S. The average Bonchev–Trinajstić information content (AvgIpc) is 2.50. The van der Waals surface area contributed by atoms with Crippen LogP contribution in [0.3, 0.4) is 0 Å². The predicted octanol–water partition coefficient (Wildman–Crippen LogP) is 1.88. The van der Waals surface area contributed by atoms with Crippen LogP contribution < -0.4 is 0 Å². The molecule has 0 fully saturated rings. The number of hydrogen-bond acceptors (Lipinski definition) is 4. The first kappa shape index (κ1) is 10.7. The van der Waals surface area contributed by atoms with Crippen molar-refractivity contribution >= 4 is 23.0 Å². The van der Waals surface area contributed by atoms with Gasteiger partial charge in [-0.2, -0.15) is 0 Å². The van der Waals surface area contributed by atoms with Gasteiger partial charge in [0.2, 0.25) is 6.61 Å². The van der Waals surface area contributed by atoms with Gasteiger partial charge in [-0.3, -0.25) is 0 Å². The van der Waals surface area contributed by atoms with E-state index in [-0.39, 0.29) is 0 Å². The molecule has 0 aliphatic carbocycles. The van der Waals surface area contributed by atoms with Crippen molar-refractivity contribution in [3.05, 3.63) is 21.9 Å². The molecule has 0 unspecified atom stereocenters. The molecule has 4 nitrogen and oxygen atoms in total. The Balaban J connectivity index is 2.61. The van der Waals surface area contributed by atoms with E-state index in [1.54, 1.807) is 18.3 Å². The summed E-state index contributed by atoms with van der Waals surface area (Å²) in [7, 11) is 0. The van der Waals surface area contributed by atoms with Crippen LogP contribution in [0.15, 0.2) is 16.6 Å². The maximum atomic E-state index is 10.1. The molecule has 0 bridgehead atoms. The maximum absolute atomic E-state index is 10.1. The third-order valence-electron chi connectivity index (χ3n) is 1.58. The third kappa shape index (κ3) is 2.85. The number of oxime groups is 1. The van der Waals surface area contributed by atoms with E-state index < -0.39 is 12.6 Å². The highest BCUT2D eigenvalue weighted by atomic mass is 32.1. The lowest BCUT2D eigenvalue weighted by Gasteiger charge is -1.98. The van der Waals surface area contributed by atoms with Crippen molar-refractivity contribution in [2.45, 2.75) is 13.8 Å². The molecule has 0 amide bonds. The molecule has 0 aromatic carbocycles. The van der Waals surface area contributed by atoms with Crippen molar-refractivity contribution < 1.29 is 14.7 Å². The van der Waals surface area contributed by atoms with Crippen molar-refractivity contribution in [3.8, 4) is 0 Å². The number of carboxylic acid groups (broad SMARTS) is 1. The fraction of sp³-hybridized carbons (Fsp3) is 0.333. The minimum atomic E-state index is -1.02. The molecule has 0 saturated heterocycles. The van der Waals surface area contributed by atoms with Gasteiger partial charge in [0.15, 0.2) is 0 Å². The lowest BCUT2D eigenvalue weighted by atomic mass is 10.2. The molecule has 1 heterocycles. The molecule has 1 rings (SSSR count). The summed E-state index contributed by atoms with van der Waals surface area (Å²) in [6.07, 6.45) is 0. The van der Waals surface area contributed by atoms with Crippen molar-refractivity contribution in [1.82, 2.24) is 0 Å². The molecule has 0 aliphatic rings. The summed E-state index contributed by atoms with van der Waals surface area (Å²) in [5, 5.41) is 14.0. The van der Waals surface area contributed by atoms with Crippen LogP contribution in [0.2, 0.25) is 0 Å². The van der Waals surface area contributed by atoms with Crippen molar-refractivity contribution in [3.63, 3.8) is 0 Å². The van der Waals surface area contributed by atoms with Crippen LogP contribution in [-0.4, -0.2) is 23.4 Å². The first-order valence-electron chi connectivity index (χ1n) is 4.04. The van der Waals surface area contributed by atoms with E-state index in [1.807, 2.05) is 18.4 Å². The number of aryl methyl sites for hydroxylation is 1. The number of rotatable bonds is 4. The largest absolute Gasteiger partial charge is 0.479 e. The van der Waals surface area contributed by atoms with Crippen molar-refractivity contribution in [2.24, 2.45) is 5.16 Å². The topological polar surface area (TPSA) is 58.9 Å². The third-order valence-corrected chi connectivity index (χ3v) is 2.71. The summed E-state index contributed by atoms with van der Waals surface area (Å²) in [4.78, 5) is 15.8. The highest BCUT2D eigenvalue weighted by Crippen LogP contribution is 2.16. The normalized spacial score (nSPS) is 11.4. The number of hydrogen-bond donors (Lipinski definition) is 1. The highest BCUT2D eigenvalue weighted by molar-refractivity contribution is 7.12. The number of carboxylic acids is 1. The smallest absolute Gasteiger partial charge is 0.344 e. The van der Waals surface area contributed by atoms with Gasteiger partial charge in [0.05, 0.1) is 10.6 Å². The Bertz CT molecular complexity index is 357. The number of nitrogens with zero attached hydrogens (tertiary/aromatic N) is 1. The van der Waals surface area contributed by atoms with Crippen LogP contribution in [0.5, 0.6) is 0 Å². The molecule has 0 spiro atoms. The molecule has 0 saturated carbocycles. The van der Waals surface area contributed by atoms with Gasteiger partial charge in [-0.1, -0.05) is 5.16 Å². The average molecular weight is 213 g/mol. The molecule has 76 valence electrons. The van der Waals surface area contributed by atoms with Crippen LogP contribution in [0.4, 0.5) is 0 Å². The summed E-state index contributed by atoms with van der Waals surface area (Å²) in [5.41, 5.74) is 1.83. The summed E-state index contributed by atoms with van der Waals surface area (Å²) in [6, 6.07) is 1.98. The second-order valence-electron chi connectivity index (χ2n) is 2.78. The Morgan fingerprint density at radius 1 is 1.71 bits per heavy atom. The quantitative estimate of drug-likeness (QED) is 0.613. The Kier molecular flexibility index (Phi) is 3.64. The molecule has 5 heteroatoms. The SMILES string of the molecule is CC(=NOCC(=O)O)c1sccc1C. The van der Waals surface area contributed by atoms with E-state index in [2.05, 4.69) is 9.99 Å². The van der Waals surface area contributed by atoms with Crippen LogP contribution in [0.1, 0.15) is 17.4 Å². The second kappa shape index (κ2) is 4.76. The van der Waals surface area contributed by atoms with E-state index in [1.165, 1.54) is 0 Å². The highest BCUT2D eigenvalue weighted by Gasteiger charge is 2.04. The minimum absolute atomic E-state index is 0.401. The van der Waals surface area contributed by atoms with Crippen LogP contribution in [-0.2, 0) is 9.63 Å². The van der Waals surface area contributed by atoms with E-state index >= 15 is 0 Å². The van der Waals surface area contributed by atoms with Crippen molar-refractivity contribution in [1.29, 1.82) is 0 Å². The molecule has 0 atom stereocenters. The number of thiophene rings is 1. The summed E-state index contributed by atoms with van der Waals surface area (Å²) in [5.74, 6) is -1.02. The van der Waals surface area contributed by atoms with Gasteiger partial charge < -0.3 is 9.94 Å². The molecule has 0 aliphatic heterocycles. The van der Waals surface area contributed by atoms with Crippen LogP contribution in [0.25, 0.3) is 0 Å². The number of carbonyl (C=O) groups is 1. The second-order valence-corrected chi connectivity index (χ2v) is 3.69. The molecule has 0 radical (unpaired) electrons. The van der Waals surface area contributed by atoms with Crippen LogP contribution in [0, 0.1) is 6.92 Å². The Hall–Kier alpha value is -1.36. The zero-order chi connectivity index (χ0) is 10.6. The lowest BCUT2D eigenvalue weighted by Crippen LogP contribution is -2.05. The summed E-state index contributed by atoms with van der Waals surface area (Å²) >= 11 is 1.56. The first-order chi connectivity index (χ1) is 6.61. The first-order valence-corrected chi connectivity index (χ1v) is 4.92. The molecule has 1 aromatic rings. The van der Waals surface area contributed by atoms with E-state index in [0.29, 0.717) is 5.71 Å². The lowest BCUT2D eigenvalue weighted by molar-refractivity contribution is -0.142. The van der Waals surface area contributed by atoms with Gasteiger partial charge in [-0.25, -0.2) is 4.79 Å². The van der Waals surface area contributed by atoms with E-state index in [4.69, 9.17) is 5.11 Å². The molecule has 14 heavy (non-hydrogen) atoms. The summed E-state index contributed by atoms with van der Waals surface area (Å²) < 4.78 is 0. The Morgan fingerprint density at radius 3 is 2.93 bits per heavy atom. The van der Waals surface area contributed by atoms with Crippen LogP contribution >= 0.6 is 11.3 Å². The monoisotopic (exact) mass is 213 g/mol. The zero-order valence-corrected chi connectivity index (χ0v) is 8.80. The van der Waals surface area contributed by atoms with E-state index in [9.17, 15) is 4.79 Å². The van der Waals surface area contributed by atoms with Gasteiger partial charge in [-0.15, -0.1) is 11.3 Å². The van der Waals surface area contributed by atoms with E-state index in [0.717, 1.165) is 10.4 Å². The Labute approximate surface area is 85.8 Å². The zero-order valence-electron chi connectivity index (χ0n) is 7.98. The predicted molar refractivity (Wildman–Crippen MR) is 54.9 cm³/mol. The summed E-state index contributed by atoms with van der Waals surface area (Å²) in [6.45, 7) is 3.37. The minimum Gasteiger partial charge on any atom is -0.479 e. The van der Waals surface area contributed by atoms with Gasteiger partial charge in [0.25, 0.3) is 0 Å².